The highest BCUT2D eigenvalue weighted by atomic mass is 28.4. The number of rotatable bonds is 1. The van der Waals surface area contributed by atoms with Gasteiger partial charge in [0, 0.05) is 15.2 Å². The third-order valence-electron chi connectivity index (χ3n) is 0.612. The number of hydrogen-bond donors (Lipinski definition) is 0. The minimum absolute atomic E-state index is 0.611. The van der Waals surface area contributed by atoms with Gasteiger partial charge in [0.2, 0.25) is 0 Å². The van der Waals surface area contributed by atoms with E-state index in [-0.39, 0.29) is 0 Å². The molecule has 0 fully saturated rings. The van der Waals surface area contributed by atoms with Crippen molar-refractivity contribution in [3.05, 3.63) is 0 Å². The van der Waals surface area contributed by atoms with Crippen molar-refractivity contribution in [3.63, 3.8) is 0 Å². The van der Waals surface area contributed by atoms with Gasteiger partial charge >= 0.3 is 0 Å². The molecule has 0 aliphatic rings. The Morgan fingerprint density at radius 2 is 0.818 bits per heavy atom. The molecule has 0 heterocycles. The van der Waals surface area contributed by atoms with Gasteiger partial charge in [-0.25, -0.2) is 0 Å². The molecule has 0 spiro atoms. The van der Waals surface area contributed by atoms with Crippen molar-refractivity contribution in [2.24, 2.45) is 0 Å². The van der Waals surface area contributed by atoms with Gasteiger partial charge in [-0.1, -0.05) is 26.2 Å². The van der Waals surface area contributed by atoms with E-state index in [1.807, 2.05) is 0 Å². The molecule has 0 saturated carbocycles. The molecule has 3 heteroatoms. The highest BCUT2D eigenvalue weighted by molar-refractivity contribution is 6.74. The Bertz CT molecular complexity index is 83.2. The quantitative estimate of drug-likeness (QED) is 0.579. The zero-order valence-corrected chi connectivity index (χ0v) is 11.4. The lowest BCUT2D eigenvalue weighted by molar-refractivity contribution is 0.411. The maximum absolute atomic E-state index is 5.08. The SMILES string of the molecule is CO[Si](C)(C)C.C[Si](C)(C)C. The largest absolute Gasteiger partial charge is 0.421 e. The van der Waals surface area contributed by atoms with Gasteiger partial charge in [0.1, 0.15) is 0 Å². The molecule has 0 N–H and O–H groups in total. The smallest absolute Gasteiger partial charge is 0.183 e. The van der Waals surface area contributed by atoms with Crippen LogP contribution < -0.4 is 0 Å². The average Bonchev–Trinajstić information content (AvgIpc) is 1.59. The topological polar surface area (TPSA) is 9.23 Å². The molecule has 70 valence electrons. The van der Waals surface area contributed by atoms with Crippen LogP contribution in [0.25, 0.3) is 0 Å². The first-order chi connectivity index (χ1) is 4.56. The Labute approximate surface area is 74.3 Å². The van der Waals surface area contributed by atoms with Crippen molar-refractivity contribution < 1.29 is 4.43 Å². The lowest BCUT2D eigenvalue weighted by Gasteiger charge is -2.10. The molecule has 0 unspecified atom stereocenters. The summed E-state index contributed by atoms with van der Waals surface area (Å²) in [4.78, 5) is 0. The Morgan fingerprint density at radius 1 is 0.727 bits per heavy atom. The minimum Gasteiger partial charge on any atom is -0.421 e. The fourth-order valence-electron chi connectivity index (χ4n) is 0. The molecule has 11 heavy (non-hydrogen) atoms. The zero-order valence-electron chi connectivity index (χ0n) is 9.41. The van der Waals surface area contributed by atoms with Crippen LogP contribution in [-0.2, 0) is 4.43 Å². The normalized spacial score (nSPS) is 12.0. The van der Waals surface area contributed by atoms with Gasteiger partial charge in [-0.05, 0) is 19.6 Å². The Hall–Kier alpha value is 0.394. The summed E-state index contributed by atoms with van der Waals surface area (Å²) in [5, 5.41) is 0. The van der Waals surface area contributed by atoms with E-state index < -0.39 is 16.4 Å². The first kappa shape index (κ1) is 13.9. The van der Waals surface area contributed by atoms with Gasteiger partial charge in [0.05, 0.1) is 0 Å². The summed E-state index contributed by atoms with van der Waals surface area (Å²) in [6.45, 7) is 15.8. The molecule has 0 aliphatic carbocycles. The molecular formula is C8H24OSi2. The van der Waals surface area contributed by atoms with Crippen molar-refractivity contribution in [1.82, 2.24) is 0 Å². The predicted octanol–water partition coefficient (Wildman–Crippen LogP) is 3.42. The van der Waals surface area contributed by atoms with Gasteiger partial charge < -0.3 is 4.43 Å². The Morgan fingerprint density at radius 3 is 0.818 bits per heavy atom. The van der Waals surface area contributed by atoms with Gasteiger partial charge in [-0.15, -0.1) is 0 Å². The van der Waals surface area contributed by atoms with Crippen LogP contribution >= 0.6 is 0 Å². The van der Waals surface area contributed by atoms with Crippen LogP contribution in [0.2, 0.25) is 45.8 Å². The monoisotopic (exact) mass is 192 g/mol. The van der Waals surface area contributed by atoms with Gasteiger partial charge in [-0.3, -0.25) is 0 Å². The molecule has 0 radical (unpaired) electrons. The summed E-state index contributed by atoms with van der Waals surface area (Å²) >= 11 is 0. The zero-order chi connectivity index (χ0) is 9.71. The third-order valence-corrected chi connectivity index (χ3v) is 1.84. The molecule has 0 saturated heterocycles. The van der Waals surface area contributed by atoms with Crippen LogP contribution in [0.5, 0.6) is 0 Å². The van der Waals surface area contributed by atoms with E-state index in [4.69, 9.17) is 4.43 Å². The highest BCUT2D eigenvalue weighted by Gasteiger charge is 2.09. The van der Waals surface area contributed by atoms with E-state index in [0.29, 0.717) is 0 Å². The standard InChI is InChI=1S/C4H12OSi.C4H12Si/c1-5-6(2,3)4;1-5(2,3)4/h1-4H3;1-4H3. The van der Waals surface area contributed by atoms with Crippen molar-refractivity contribution in [3.8, 4) is 0 Å². The second kappa shape index (κ2) is 5.11. The molecule has 0 aromatic carbocycles. The predicted molar refractivity (Wildman–Crippen MR) is 59.6 cm³/mol. The molecule has 0 amide bonds. The maximum atomic E-state index is 5.08. The van der Waals surface area contributed by atoms with Crippen LogP contribution in [0.4, 0.5) is 0 Å². The van der Waals surface area contributed by atoms with E-state index in [0.717, 1.165) is 0 Å². The fourth-order valence-corrected chi connectivity index (χ4v) is 0. The van der Waals surface area contributed by atoms with Crippen LogP contribution in [-0.4, -0.2) is 23.5 Å². The van der Waals surface area contributed by atoms with Crippen molar-refractivity contribution in [2.45, 2.75) is 45.8 Å². The van der Waals surface area contributed by atoms with Crippen LogP contribution in [0.3, 0.4) is 0 Å². The fraction of sp³-hybridized carbons (Fsp3) is 1.00. The van der Waals surface area contributed by atoms with E-state index in [1.54, 1.807) is 7.11 Å². The van der Waals surface area contributed by atoms with E-state index in [1.165, 1.54) is 0 Å². The van der Waals surface area contributed by atoms with Crippen molar-refractivity contribution >= 4 is 16.4 Å². The van der Waals surface area contributed by atoms with Gasteiger partial charge in [0.25, 0.3) is 0 Å². The molecule has 0 aromatic rings. The van der Waals surface area contributed by atoms with E-state index >= 15 is 0 Å². The van der Waals surface area contributed by atoms with Gasteiger partial charge in [-0.2, -0.15) is 0 Å². The molecular weight excluding hydrogens is 168 g/mol. The first-order valence-corrected chi connectivity index (χ1v) is 11.5. The molecule has 0 atom stereocenters. The Balaban J connectivity index is 0. The third kappa shape index (κ3) is 63.6. The second-order valence-corrected chi connectivity index (χ2v) is 15.9. The van der Waals surface area contributed by atoms with Crippen LogP contribution in [0, 0.1) is 0 Å². The molecule has 0 aliphatic heterocycles. The summed E-state index contributed by atoms with van der Waals surface area (Å²) in [6, 6.07) is 0. The molecule has 0 rings (SSSR count). The second-order valence-electron chi connectivity index (χ2n) is 5.32. The first-order valence-electron chi connectivity index (χ1n) is 4.11. The van der Waals surface area contributed by atoms with E-state index in [2.05, 4.69) is 45.8 Å². The maximum Gasteiger partial charge on any atom is 0.183 e. The summed E-state index contributed by atoms with van der Waals surface area (Å²) in [5.41, 5.74) is 0. The van der Waals surface area contributed by atoms with Crippen molar-refractivity contribution in [2.75, 3.05) is 7.11 Å². The summed E-state index contributed by atoms with van der Waals surface area (Å²) < 4.78 is 5.08. The minimum atomic E-state index is -1.13. The van der Waals surface area contributed by atoms with Gasteiger partial charge in [0.15, 0.2) is 8.32 Å². The molecule has 1 nitrogen and oxygen atoms in total. The molecule has 0 bridgehead atoms. The highest BCUT2D eigenvalue weighted by Crippen LogP contribution is 1.97. The Kier molecular flexibility index (Phi) is 6.48. The number of hydrogen-bond acceptors (Lipinski definition) is 1. The summed E-state index contributed by atoms with van der Waals surface area (Å²) in [6.07, 6.45) is 0. The summed E-state index contributed by atoms with van der Waals surface area (Å²) in [5.74, 6) is 0. The van der Waals surface area contributed by atoms with Crippen LogP contribution in [0.15, 0.2) is 0 Å². The summed E-state index contributed by atoms with van der Waals surface area (Å²) in [7, 11) is 0.0278. The van der Waals surface area contributed by atoms with Crippen LogP contribution in [0.1, 0.15) is 0 Å². The lowest BCUT2D eigenvalue weighted by Crippen LogP contribution is -2.22. The van der Waals surface area contributed by atoms with Crippen molar-refractivity contribution in [1.29, 1.82) is 0 Å². The average molecular weight is 192 g/mol. The molecule has 0 aromatic heterocycles. The van der Waals surface area contributed by atoms with E-state index in [9.17, 15) is 0 Å². The lowest BCUT2D eigenvalue weighted by atomic mass is 11.8.